The van der Waals surface area contributed by atoms with E-state index in [0.717, 1.165) is 17.2 Å². The van der Waals surface area contributed by atoms with E-state index in [1.165, 1.54) is 0 Å². The molecule has 17 heavy (non-hydrogen) atoms. The van der Waals surface area contributed by atoms with Crippen LogP contribution in [0.3, 0.4) is 0 Å². The van der Waals surface area contributed by atoms with Gasteiger partial charge in [-0.3, -0.25) is 4.79 Å². The molecule has 0 radical (unpaired) electrons. The van der Waals surface area contributed by atoms with Gasteiger partial charge in [0, 0.05) is 12.3 Å². The summed E-state index contributed by atoms with van der Waals surface area (Å²) in [5.74, 6) is 0. The van der Waals surface area contributed by atoms with Crippen molar-refractivity contribution in [2.45, 2.75) is 13.8 Å². The third kappa shape index (κ3) is 2.44. The van der Waals surface area contributed by atoms with Gasteiger partial charge in [-0.2, -0.15) is 0 Å². The molecule has 0 aliphatic heterocycles. The molecule has 0 saturated carbocycles. The topological polar surface area (TPSA) is 57.0 Å². The van der Waals surface area contributed by atoms with Crippen molar-refractivity contribution in [2.75, 3.05) is 12.3 Å². The predicted octanol–water partition coefficient (Wildman–Crippen LogP) is 1.66. The normalized spacial score (nSPS) is 11.0. The highest BCUT2D eigenvalue weighted by molar-refractivity contribution is 7.52. The molecule has 0 atom stereocenters. The number of hydrogen-bond acceptors (Lipinski definition) is 4. The van der Waals surface area contributed by atoms with Crippen LogP contribution in [0.15, 0.2) is 29.1 Å². The highest BCUT2D eigenvalue weighted by atomic mass is 31.1. The molecule has 2 rings (SSSR count). The van der Waals surface area contributed by atoms with Crippen LogP contribution in [0.2, 0.25) is 0 Å². The summed E-state index contributed by atoms with van der Waals surface area (Å²) < 4.78 is 5.55. The van der Waals surface area contributed by atoms with E-state index in [1.54, 1.807) is 18.2 Å². The van der Waals surface area contributed by atoms with Crippen LogP contribution < -0.4 is 10.2 Å². The van der Waals surface area contributed by atoms with Crippen LogP contribution in [0.25, 0.3) is 10.9 Å². The van der Waals surface area contributed by atoms with Crippen molar-refractivity contribution < 1.29 is 4.62 Å². The number of nitrogens with zero attached hydrogens (tertiary/aromatic N) is 3. The molecule has 5 nitrogen and oxygen atoms in total. The van der Waals surface area contributed by atoms with Crippen LogP contribution in [0.4, 0.5) is 0 Å². The van der Waals surface area contributed by atoms with Gasteiger partial charge in [0.1, 0.15) is 13.7 Å². The number of fused-ring (bicyclic) bond motifs is 1. The van der Waals surface area contributed by atoms with E-state index >= 15 is 0 Å². The number of hydrogen-bond donors (Lipinski definition) is 0. The summed E-state index contributed by atoms with van der Waals surface area (Å²) >= 11 is 0. The lowest BCUT2D eigenvalue weighted by Crippen LogP contribution is -2.28. The van der Waals surface area contributed by atoms with Gasteiger partial charge in [0.15, 0.2) is 0 Å². The van der Waals surface area contributed by atoms with E-state index in [2.05, 4.69) is 10.3 Å². The van der Waals surface area contributed by atoms with Gasteiger partial charge in [-0.05, 0) is 22.2 Å². The smallest absolute Gasteiger partial charge is 0.314 e. The van der Waals surface area contributed by atoms with Crippen molar-refractivity contribution in [3.63, 3.8) is 0 Å². The Morgan fingerprint density at radius 1 is 1.29 bits per heavy atom. The van der Waals surface area contributed by atoms with Crippen molar-refractivity contribution >= 4 is 19.1 Å². The minimum Gasteiger partial charge on any atom is -0.373 e. The van der Waals surface area contributed by atoms with Crippen LogP contribution in [-0.2, 0) is 0 Å². The number of aromatic nitrogens is 3. The van der Waals surface area contributed by atoms with E-state index in [1.807, 2.05) is 19.9 Å². The van der Waals surface area contributed by atoms with E-state index in [4.69, 9.17) is 4.62 Å². The van der Waals surface area contributed by atoms with Crippen molar-refractivity contribution in [1.82, 2.24) is 15.2 Å². The number of rotatable bonds is 4. The van der Waals surface area contributed by atoms with Crippen LogP contribution in [0, 0.1) is 0 Å². The zero-order chi connectivity index (χ0) is 12.3. The molecule has 0 fully saturated rings. The van der Waals surface area contributed by atoms with Gasteiger partial charge in [-0.1, -0.05) is 26.0 Å². The standard InChI is InChI=1S/C11H14N3O2P/c1-3-17(4-2)16-14-11(15)9-7-5-6-8-10(9)12-13-14/h5-8H,3-4H2,1-2H3. The van der Waals surface area contributed by atoms with Crippen LogP contribution in [0.1, 0.15) is 13.8 Å². The molecule has 0 N–H and O–H groups in total. The zero-order valence-corrected chi connectivity index (χ0v) is 10.7. The lowest BCUT2D eigenvalue weighted by Gasteiger charge is -2.13. The van der Waals surface area contributed by atoms with Gasteiger partial charge < -0.3 is 4.62 Å². The highest BCUT2D eigenvalue weighted by Gasteiger charge is 2.10. The Balaban J connectivity index is 2.42. The average Bonchev–Trinajstić information content (AvgIpc) is 2.38. The van der Waals surface area contributed by atoms with Crippen LogP contribution in [-0.4, -0.2) is 27.5 Å². The van der Waals surface area contributed by atoms with E-state index in [9.17, 15) is 4.79 Å². The SMILES string of the molecule is CCP(CC)On1nnc2ccccc2c1=O. The fourth-order valence-corrected chi connectivity index (χ4v) is 2.48. The fraction of sp³-hybridized carbons (Fsp3) is 0.364. The van der Waals surface area contributed by atoms with E-state index in [0.29, 0.717) is 10.9 Å². The molecule has 0 amide bonds. The summed E-state index contributed by atoms with van der Waals surface area (Å²) in [7, 11) is -0.644. The van der Waals surface area contributed by atoms with E-state index < -0.39 is 8.15 Å². The predicted molar refractivity (Wildman–Crippen MR) is 68.4 cm³/mol. The van der Waals surface area contributed by atoms with Crippen molar-refractivity contribution in [2.24, 2.45) is 0 Å². The Morgan fingerprint density at radius 2 is 2.00 bits per heavy atom. The third-order valence-corrected chi connectivity index (χ3v) is 4.24. The molecule has 2 aromatic rings. The molecule has 0 aliphatic rings. The largest absolute Gasteiger partial charge is 0.373 e. The molecule has 0 aliphatic carbocycles. The Bertz CT molecular complexity index is 566. The van der Waals surface area contributed by atoms with Gasteiger partial charge in [0.05, 0.1) is 5.39 Å². The molecule has 0 saturated heterocycles. The van der Waals surface area contributed by atoms with Gasteiger partial charge in [0.2, 0.25) is 0 Å². The molecule has 0 spiro atoms. The summed E-state index contributed by atoms with van der Waals surface area (Å²) in [6.07, 6.45) is 1.79. The molecule has 1 aromatic heterocycles. The Kier molecular flexibility index (Phi) is 3.69. The Labute approximate surface area is 100 Å². The first kappa shape index (κ1) is 12.0. The minimum absolute atomic E-state index is 0.245. The highest BCUT2D eigenvalue weighted by Crippen LogP contribution is 2.30. The molecule has 1 aromatic carbocycles. The minimum atomic E-state index is -0.644. The molecule has 90 valence electrons. The third-order valence-electron chi connectivity index (χ3n) is 2.44. The maximum Gasteiger partial charge on any atom is 0.314 e. The average molecular weight is 251 g/mol. The second kappa shape index (κ2) is 5.23. The molecule has 0 unspecified atom stereocenters. The van der Waals surface area contributed by atoms with E-state index in [-0.39, 0.29) is 5.56 Å². The van der Waals surface area contributed by atoms with Gasteiger partial charge in [0.25, 0.3) is 0 Å². The first-order valence-electron chi connectivity index (χ1n) is 5.54. The molecule has 6 heteroatoms. The quantitative estimate of drug-likeness (QED) is 0.775. The summed E-state index contributed by atoms with van der Waals surface area (Å²) in [5.41, 5.74) is 0.347. The monoisotopic (exact) mass is 251 g/mol. The summed E-state index contributed by atoms with van der Waals surface area (Å²) in [5, 5.41) is 8.28. The Morgan fingerprint density at radius 3 is 2.71 bits per heavy atom. The fourth-order valence-electron chi connectivity index (χ4n) is 1.48. The lowest BCUT2D eigenvalue weighted by atomic mass is 10.2. The van der Waals surface area contributed by atoms with Gasteiger partial charge in [-0.15, -0.1) is 5.10 Å². The Hall–Kier alpha value is -1.48. The summed E-state index contributed by atoms with van der Waals surface area (Å²) in [6, 6.07) is 7.12. The van der Waals surface area contributed by atoms with Gasteiger partial charge >= 0.3 is 5.56 Å². The van der Waals surface area contributed by atoms with Crippen molar-refractivity contribution in [3.05, 3.63) is 34.6 Å². The molecule has 0 bridgehead atoms. The molecular formula is C11H14N3O2P. The first-order valence-corrected chi connectivity index (χ1v) is 7.17. The molecule has 1 heterocycles. The zero-order valence-electron chi connectivity index (χ0n) is 9.83. The lowest BCUT2D eigenvalue weighted by molar-refractivity contribution is 0.232. The second-order valence-corrected chi connectivity index (χ2v) is 5.87. The van der Waals surface area contributed by atoms with Crippen LogP contribution >= 0.6 is 8.15 Å². The summed E-state index contributed by atoms with van der Waals surface area (Å²) in [6.45, 7) is 4.07. The van der Waals surface area contributed by atoms with Crippen LogP contribution in [0.5, 0.6) is 0 Å². The molecular weight excluding hydrogens is 237 g/mol. The van der Waals surface area contributed by atoms with Gasteiger partial charge in [-0.25, -0.2) is 0 Å². The first-order chi connectivity index (χ1) is 8.26. The van der Waals surface area contributed by atoms with Crippen molar-refractivity contribution in [1.29, 1.82) is 0 Å². The van der Waals surface area contributed by atoms with Crippen molar-refractivity contribution in [3.8, 4) is 0 Å². The maximum absolute atomic E-state index is 12.0. The number of benzene rings is 1. The maximum atomic E-state index is 12.0. The second-order valence-electron chi connectivity index (χ2n) is 3.48. The summed E-state index contributed by atoms with van der Waals surface area (Å²) in [4.78, 5) is 13.1.